The molecule has 0 radical (unpaired) electrons. The van der Waals surface area contributed by atoms with Crippen LogP contribution in [0.5, 0.6) is 0 Å². The molecule has 0 saturated heterocycles. The first-order chi connectivity index (χ1) is 11.1. The van der Waals surface area contributed by atoms with Crippen molar-refractivity contribution in [3.8, 4) is 0 Å². The number of ether oxygens (including phenoxy) is 1. The van der Waals surface area contributed by atoms with Gasteiger partial charge in [-0.25, -0.2) is 9.38 Å². The number of methoxy groups -OCH3 is 1. The fourth-order valence-corrected chi connectivity index (χ4v) is 1.81. The molecule has 1 heterocycles. The third-order valence-corrected chi connectivity index (χ3v) is 2.76. The van der Waals surface area contributed by atoms with Crippen LogP contribution in [0.2, 0.25) is 0 Å². The molecule has 122 valence electrons. The number of dihydropyridines is 1. The summed E-state index contributed by atoms with van der Waals surface area (Å²) in [6.07, 6.45) is 11.9. The number of nitrogens with zero attached hydrogens (tertiary/aromatic N) is 3. The van der Waals surface area contributed by atoms with Gasteiger partial charge in [0.05, 0.1) is 24.9 Å². The van der Waals surface area contributed by atoms with E-state index in [1.54, 1.807) is 38.7 Å². The quantitative estimate of drug-likeness (QED) is 0.444. The maximum atomic E-state index is 13.4. The molecule has 0 unspecified atom stereocenters. The maximum Gasteiger partial charge on any atom is 0.129 e. The van der Waals surface area contributed by atoms with Gasteiger partial charge < -0.3 is 10.1 Å². The molecule has 1 aliphatic heterocycles. The SMILES string of the molecule is C=N/C=C\NC1=CC(C(/C=C(\C)F)=C/C=C/OC)=NC(=NC)C1. The number of nitrogens with one attached hydrogen (secondary N) is 1. The van der Waals surface area contributed by atoms with Crippen molar-refractivity contribution < 1.29 is 9.13 Å². The highest BCUT2D eigenvalue weighted by atomic mass is 19.1. The van der Waals surface area contributed by atoms with E-state index in [9.17, 15) is 4.39 Å². The molecule has 0 spiro atoms. The Morgan fingerprint density at radius 3 is 2.91 bits per heavy atom. The lowest BCUT2D eigenvalue weighted by atomic mass is 10.0. The van der Waals surface area contributed by atoms with E-state index in [0.29, 0.717) is 23.5 Å². The molecule has 1 aliphatic rings. The lowest BCUT2D eigenvalue weighted by Gasteiger charge is -2.15. The first-order valence-corrected chi connectivity index (χ1v) is 6.96. The first-order valence-electron chi connectivity index (χ1n) is 6.96. The zero-order valence-electron chi connectivity index (χ0n) is 13.6. The van der Waals surface area contributed by atoms with E-state index in [2.05, 4.69) is 27.0 Å². The van der Waals surface area contributed by atoms with Crippen LogP contribution in [-0.2, 0) is 4.74 Å². The van der Waals surface area contributed by atoms with Crippen molar-refractivity contribution in [3.63, 3.8) is 0 Å². The number of aliphatic imine (C=N–C) groups is 3. The Kier molecular flexibility index (Phi) is 7.99. The molecule has 6 heteroatoms. The van der Waals surface area contributed by atoms with E-state index >= 15 is 0 Å². The number of hydrogen-bond acceptors (Lipinski definition) is 4. The Bertz CT molecular complexity index is 633. The third kappa shape index (κ3) is 6.69. The summed E-state index contributed by atoms with van der Waals surface area (Å²) in [6.45, 7) is 4.75. The topological polar surface area (TPSA) is 58.3 Å². The minimum absolute atomic E-state index is 0.316. The van der Waals surface area contributed by atoms with Crippen LogP contribution in [0.15, 0.2) is 75.0 Å². The van der Waals surface area contributed by atoms with Gasteiger partial charge in [0.2, 0.25) is 0 Å². The number of halogens is 1. The number of hydrogen-bond donors (Lipinski definition) is 1. The van der Waals surface area contributed by atoms with Crippen molar-refractivity contribution in [1.82, 2.24) is 5.32 Å². The molecule has 0 aromatic rings. The molecule has 0 saturated carbocycles. The minimum atomic E-state index is -0.316. The van der Waals surface area contributed by atoms with Crippen LogP contribution < -0.4 is 5.32 Å². The van der Waals surface area contributed by atoms with Gasteiger partial charge in [0, 0.05) is 37.1 Å². The van der Waals surface area contributed by atoms with Gasteiger partial charge in [-0.3, -0.25) is 9.98 Å². The summed E-state index contributed by atoms with van der Waals surface area (Å²) in [4.78, 5) is 12.2. The molecule has 0 atom stereocenters. The maximum absolute atomic E-state index is 13.4. The van der Waals surface area contributed by atoms with Crippen molar-refractivity contribution in [2.45, 2.75) is 13.3 Å². The van der Waals surface area contributed by atoms with Crippen LogP contribution >= 0.6 is 0 Å². The summed E-state index contributed by atoms with van der Waals surface area (Å²) in [5.74, 6) is 0.334. The second-order valence-electron chi connectivity index (χ2n) is 4.54. The molecule has 1 N–H and O–H groups in total. The van der Waals surface area contributed by atoms with E-state index in [-0.39, 0.29) is 5.83 Å². The van der Waals surface area contributed by atoms with Crippen molar-refractivity contribution >= 4 is 18.3 Å². The molecule has 23 heavy (non-hydrogen) atoms. The lowest BCUT2D eigenvalue weighted by molar-refractivity contribution is 0.338. The summed E-state index contributed by atoms with van der Waals surface area (Å²) in [6, 6.07) is 0. The molecule has 0 amide bonds. The first kappa shape index (κ1) is 18.3. The van der Waals surface area contributed by atoms with E-state index in [1.807, 2.05) is 6.08 Å². The molecule has 0 aromatic heterocycles. The molecule has 0 bridgehead atoms. The Balaban J connectivity index is 3.20. The minimum Gasteiger partial charge on any atom is -0.504 e. The molecule has 1 rings (SSSR count). The van der Waals surface area contributed by atoms with Crippen LogP contribution in [0.4, 0.5) is 4.39 Å². The van der Waals surface area contributed by atoms with Crippen LogP contribution in [0.3, 0.4) is 0 Å². The Hall–Kier alpha value is -2.76. The Morgan fingerprint density at radius 1 is 1.52 bits per heavy atom. The largest absolute Gasteiger partial charge is 0.504 e. The standard InChI is InChI=1S/C17H21FN4O/c1-13(18)10-14(6-5-9-23-4)16-11-15(21-8-7-19-2)12-17(20-3)22-16/h5-11,21H,2,12H2,1,3-4H3/b8-7-,9-5+,13-10+,14-6+,20-17?. The lowest BCUT2D eigenvalue weighted by Crippen LogP contribution is -2.18. The molecular formula is C17H21FN4O. The summed E-state index contributed by atoms with van der Waals surface area (Å²) < 4.78 is 18.2. The van der Waals surface area contributed by atoms with E-state index in [1.165, 1.54) is 19.3 Å². The molecule has 5 nitrogen and oxygen atoms in total. The van der Waals surface area contributed by atoms with Crippen LogP contribution in [0, 0.1) is 0 Å². The average Bonchev–Trinajstić information content (AvgIpc) is 2.53. The number of amidine groups is 1. The van der Waals surface area contributed by atoms with E-state index in [4.69, 9.17) is 4.74 Å². The van der Waals surface area contributed by atoms with Crippen molar-refractivity contribution in [3.05, 3.63) is 60.1 Å². The average molecular weight is 316 g/mol. The zero-order valence-corrected chi connectivity index (χ0v) is 13.6. The molecule has 0 aliphatic carbocycles. The van der Waals surface area contributed by atoms with Gasteiger partial charge in [-0.15, -0.1) is 0 Å². The monoisotopic (exact) mass is 316 g/mol. The van der Waals surface area contributed by atoms with Gasteiger partial charge in [-0.05, 0) is 37.9 Å². The van der Waals surface area contributed by atoms with Gasteiger partial charge in [0.25, 0.3) is 0 Å². The molecule has 0 aromatic carbocycles. The summed E-state index contributed by atoms with van der Waals surface area (Å²) in [5, 5.41) is 3.09. The Morgan fingerprint density at radius 2 is 2.30 bits per heavy atom. The summed E-state index contributed by atoms with van der Waals surface area (Å²) in [5.41, 5.74) is 2.10. The van der Waals surface area contributed by atoms with Crippen LogP contribution in [0.1, 0.15) is 13.3 Å². The van der Waals surface area contributed by atoms with Gasteiger partial charge in [0.15, 0.2) is 0 Å². The highest BCUT2D eigenvalue weighted by Gasteiger charge is 2.13. The fraction of sp³-hybridized carbons (Fsp3) is 0.235. The predicted molar refractivity (Wildman–Crippen MR) is 94.4 cm³/mol. The third-order valence-electron chi connectivity index (χ3n) is 2.76. The predicted octanol–water partition coefficient (Wildman–Crippen LogP) is 3.46. The highest BCUT2D eigenvalue weighted by molar-refractivity contribution is 6.17. The van der Waals surface area contributed by atoms with Crippen molar-refractivity contribution in [2.75, 3.05) is 14.2 Å². The smallest absolute Gasteiger partial charge is 0.129 e. The van der Waals surface area contributed by atoms with Crippen molar-refractivity contribution in [1.29, 1.82) is 0 Å². The number of rotatable bonds is 7. The fourth-order valence-electron chi connectivity index (χ4n) is 1.81. The van der Waals surface area contributed by atoms with Crippen LogP contribution in [0.25, 0.3) is 0 Å². The van der Waals surface area contributed by atoms with Gasteiger partial charge in [-0.2, -0.15) is 0 Å². The Labute approximate surface area is 136 Å². The zero-order chi connectivity index (χ0) is 17.1. The van der Waals surface area contributed by atoms with Gasteiger partial charge in [-0.1, -0.05) is 0 Å². The van der Waals surface area contributed by atoms with E-state index in [0.717, 1.165) is 5.70 Å². The molecule has 0 fully saturated rings. The summed E-state index contributed by atoms with van der Waals surface area (Å²) in [7, 11) is 3.22. The molecular weight excluding hydrogens is 295 g/mol. The second-order valence-corrected chi connectivity index (χ2v) is 4.54. The van der Waals surface area contributed by atoms with Gasteiger partial charge >= 0.3 is 0 Å². The van der Waals surface area contributed by atoms with Gasteiger partial charge in [0.1, 0.15) is 5.84 Å². The normalized spacial score (nSPS) is 18.3. The number of allylic oxidation sites excluding steroid dienone is 6. The van der Waals surface area contributed by atoms with Crippen molar-refractivity contribution in [2.24, 2.45) is 15.0 Å². The highest BCUT2D eigenvalue weighted by Crippen LogP contribution is 2.16. The van der Waals surface area contributed by atoms with E-state index < -0.39 is 0 Å². The van der Waals surface area contributed by atoms with Crippen LogP contribution in [-0.4, -0.2) is 32.4 Å². The second kappa shape index (κ2) is 10.0. The summed E-state index contributed by atoms with van der Waals surface area (Å²) >= 11 is 0.